The van der Waals surface area contributed by atoms with Gasteiger partial charge in [0.05, 0.1) is 11.8 Å². The van der Waals surface area contributed by atoms with Gasteiger partial charge in [0.25, 0.3) is 0 Å². The van der Waals surface area contributed by atoms with Crippen LogP contribution in [0.5, 0.6) is 5.75 Å². The van der Waals surface area contributed by atoms with Gasteiger partial charge in [0, 0.05) is 35.5 Å². The minimum absolute atomic E-state index is 0.00719. The fourth-order valence-corrected chi connectivity index (χ4v) is 6.83. The molecule has 0 unspecified atom stereocenters. The van der Waals surface area contributed by atoms with E-state index in [4.69, 9.17) is 4.74 Å². The Hall–Kier alpha value is -1.90. The first-order valence-electron chi connectivity index (χ1n) is 12.1. The van der Waals surface area contributed by atoms with Crippen molar-refractivity contribution in [3.8, 4) is 5.75 Å². The van der Waals surface area contributed by atoms with E-state index in [1.807, 2.05) is 48.5 Å². The molecule has 1 N–H and O–H groups in total. The third kappa shape index (κ3) is 5.50. The molecule has 4 rings (SSSR count). The number of nitrogens with zero attached hydrogens (tertiary/aromatic N) is 1. The molecule has 1 saturated heterocycles. The summed E-state index contributed by atoms with van der Waals surface area (Å²) in [5.41, 5.74) is 1.50. The molecule has 1 amide bonds. The smallest absolute Gasteiger partial charge is 0.223 e. The zero-order valence-electron chi connectivity index (χ0n) is 19.8. The van der Waals surface area contributed by atoms with Crippen molar-refractivity contribution in [1.82, 2.24) is 9.62 Å². The van der Waals surface area contributed by atoms with Crippen LogP contribution in [0, 0.1) is 5.92 Å². The van der Waals surface area contributed by atoms with Crippen LogP contribution in [0.15, 0.2) is 53.0 Å². The van der Waals surface area contributed by atoms with Gasteiger partial charge in [-0.25, -0.2) is 12.7 Å². The van der Waals surface area contributed by atoms with Crippen molar-refractivity contribution in [3.05, 3.63) is 64.1 Å². The summed E-state index contributed by atoms with van der Waals surface area (Å²) in [5.74, 6) is 0.641. The molecule has 2 heterocycles. The quantitative estimate of drug-likeness (QED) is 0.516. The number of nitrogens with one attached hydrogen (secondary N) is 1. The predicted molar refractivity (Wildman–Crippen MR) is 137 cm³/mol. The first kappa shape index (κ1) is 25.2. The van der Waals surface area contributed by atoms with E-state index >= 15 is 0 Å². The molecule has 0 spiro atoms. The molecule has 0 aromatic heterocycles. The van der Waals surface area contributed by atoms with Crippen molar-refractivity contribution in [1.29, 1.82) is 0 Å². The lowest BCUT2D eigenvalue weighted by atomic mass is 9.83. The molecular formula is C26H33BrN2O4S. The Morgan fingerprint density at radius 3 is 2.38 bits per heavy atom. The van der Waals surface area contributed by atoms with Gasteiger partial charge in [0.15, 0.2) is 0 Å². The summed E-state index contributed by atoms with van der Waals surface area (Å²) >= 11 is 3.38. The van der Waals surface area contributed by atoms with Crippen LogP contribution >= 0.6 is 15.9 Å². The van der Waals surface area contributed by atoms with Gasteiger partial charge in [-0.2, -0.15) is 0 Å². The monoisotopic (exact) mass is 548 g/mol. The molecule has 2 aliphatic heterocycles. The second-order valence-corrected chi connectivity index (χ2v) is 12.2. The highest BCUT2D eigenvalue weighted by molar-refractivity contribution is 9.10. The number of halogens is 1. The van der Waals surface area contributed by atoms with Crippen LogP contribution in [0.4, 0.5) is 0 Å². The second-order valence-electron chi connectivity index (χ2n) is 9.35. The van der Waals surface area contributed by atoms with E-state index in [0.29, 0.717) is 25.9 Å². The third-order valence-corrected chi connectivity index (χ3v) is 9.66. The van der Waals surface area contributed by atoms with Gasteiger partial charge >= 0.3 is 0 Å². The van der Waals surface area contributed by atoms with Gasteiger partial charge in [-0.1, -0.05) is 60.1 Å². The van der Waals surface area contributed by atoms with E-state index in [9.17, 15) is 13.2 Å². The molecule has 0 radical (unpaired) electrons. The maximum absolute atomic E-state index is 13.2. The first-order valence-corrected chi connectivity index (χ1v) is 14.5. The fraction of sp³-hybridized carbons (Fsp3) is 0.500. The molecule has 6 nitrogen and oxygen atoms in total. The first-order chi connectivity index (χ1) is 16.2. The average molecular weight is 550 g/mol. The van der Waals surface area contributed by atoms with Crippen molar-refractivity contribution in [2.45, 2.75) is 63.3 Å². The number of rotatable bonds is 7. The average Bonchev–Trinajstić information content (AvgIpc) is 2.85. The van der Waals surface area contributed by atoms with Crippen LogP contribution in [-0.2, 0) is 20.6 Å². The van der Waals surface area contributed by atoms with E-state index in [1.54, 1.807) is 0 Å². The van der Waals surface area contributed by atoms with Gasteiger partial charge in [0.2, 0.25) is 15.9 Å². The van der Waals surface area contributed by atoms with Crippen molar-refractivity contribution in [2.75, 3.05) is 13.1 Å². The lowest BCUT2D eigenvalue weighted by molar-refractivity contribution is -0.127. The molecule has 8 heteroatoms. The van der Waals surface area contributed by atoms with Crippen LogP contribution in [0.25, 0.3) is 0 Å². The predicted octanol–water partition coefficient (Wildman–Crippen LogP) is 5.19. The number of fused-ring (bicyclic) bond motifs is 1. The van der Waals surface area contributed by atoms with E-state index < -0.39 is 10.0 Å². The summed E-state index contributed by atoms with van der Waals surface area (Å²) in [4.78, 5) is 13.2. The fourth-order valence-electron chi connectivity index (χ4n) is 5.00. The number of amides is 1. The number of benzene rings is 2. The van der Waals surface area contributed by atoms with E-state index in [-0.39, 0.29) is 29.2 Å². The number of sulfonamides is 1. The Morgan fingerprint density at radius 2 is 1.74 bits per heavy atom. The number of carbonyl (C=O) groups excluding carboxylic acids is 1. The Morgan fingerprint density at radius 1 is 1.09 bits per heavy atom. The Bertz CT molecular complexity index is 1110. The molecule has 0 aliphatic carbocycles. The highest BCUT2D eigenvalue weighted by Gasteiger charge is 2.40. The largest absolute Gasteiger partial charge is 0.487 e. The number of carbonyl (C=O) groups is 1. The lowest BCUT2D eigenvalue weighted by Crippen LogP contribution is -2.47. The molecule has 34 heavy (non-hydrogen) atoms. The van der Waals surface area contributed by atoms with E-state index in [1.165, 1.54) is 4.31 Å². The Labute approximate surface area is 211 Å². The van der Waals surface area contributed by atoms with E-state index in [2.05, 4.69) is 35.1 Å². The van der Waals surface area contributed by atoms with Crippen LogP contribution in [0.1, 0.15) is 63.1 Å². The van der Waals surface area contributed by atoms with Crippen LogP contribution in [-0.4, -0.2) is 37.3 Å². The maximum atomic E-state index is 13.2. The van der Waals surface area contributed by atoms with Gasteiger partial charge in [-0.15, -0.1) is 0 Å². The maximum Gasteiger partial charge on any atom is 0.223 e. The number of hydrogen-bond acceptors (Lipinski definition) is 4. The lowest BCUT2D eigenvalue weighted by Gasteiger charge is -2.42. The van der Waals surface area contributed by atoms with Gasteiger partial charge in [-0.05, 0) is 49.4 Å². The molecule has 2 aromatic rings. The highest BCUT2D eigenvalue weighted by Crippen LogP contribution is 2.42. The number of piperidine rings is 1. The minimum atomic E-state index is -3.42. The van der Waals surface area contributed by atoms with Gasteiger partial charge in [-0.3, -0.25) is 4.79 Å². The summed E-state index contributed by atoms with van der Waals surface area (Å²) in [6.07, 6.45) is 3.55. The van der Waals surface area contributed by atoms with Crippen LogP contribution in [0.3, 0.4) is 0 Å². The standard InChI is InChI=1S/C26H33BrN2O4S/c1-3-26(4-2)17-23(22-7-5-6-8-24(22)33-26)28-25(30)20-13-15-29(16-14-20)34(31,32)18-19-9-11-21(27)12-10-19/h5-12,20,23H,3-4,13-18H2,1-2H3,(H,28,30)/t23-/m0/s1. The topological polar surface area (TPSA) is 75.7 Å². The SMILES string of the molecule is CCC1(CC)C[C@H](NC(=O)C2CCN(S(=O)(=O)Cc3ccc(Br)cc3)CC2)c2ccccc2O1. The van der Waals surface area contributed by atoms with E-state index in [0.717, 1.165) is 40.6 Å². The number of ether oxygens (including phenoxy) is 1. The van der Waals surface area contributed by atoms with Crippen LogP contribution in [0.2, 0.25) is 0 Å². The van der Waals surface area contributed by atoms with Crippen LogP contribution < -0.4 is 10.1 Å². The molecule has 0 bridgehead atoms. The zero-order chi connectivity index (χ0) is 24.3. The summed E-state index contributed by atoms with van der Waals surface area (Å²) in [7, 11) is -3.42. The Balaban J connectivity index is 1.38. The zero-order valence-corrected chi connectivity index (χ0v) is 22.2. The molecule has 0 saturated carbocycles. The van der Waals surface area contributed by atoms with Crippen molar-refractivity contribution < 1.29 is 17.9 Å². The van der Waals surface area contributed by atoms with Crippen molar-refractivity contribution in [3.63, 3.8) is 0 Å². The minimum Gasteiger partial charge on any atom is -0.487 e. The molecule has 2 aromatic carbocycles. The van der Waals surface area contributed by atoms with Crippen molar-refractivity contribution >= 4 is 31.9 Å². The summed E-state index contributed by atoms with van der Waals surface area (Å²) in [6, 6.07) is 15.2. The molecular weight excluding hydrogens is 516 g/mol. The number of hydrogen-bond donors (Lipinski definition) is 1. The molecule has 1 atom stereocenters. The molecule has 184 valence electrons. The molecule has 1 fully saturated rings. The summed E-state index contributed by atoms with van der Waals surface area (Å²) in [5, 5.41) is 3.28. The summed E-state index contributed by atoms with van der Waals surface area (Å²) < 4.78 is 34.6. The van der Waals surface area contributed by atoms with Crippen molar-refractivity contribution in [2.24, 2.45) is 5.92 Å². The molecule has 2 aliphatic rings. The third-order valence-electron chi connectivity index (χ3n) is 7.28. The second kappa shape index (κ2) is 10.4. The van der Waals surface area contributed by atoms with Gasteiger partial charge in [0.1, 0.15) is 11.4 Å². The summed E-state index contributed by atoms with van der Waals surface area (Å²) in [6.45, 7) is 4.99. The van der Waals surface area contributed by atoms with Gasteiger partial charge < -0.3 is 10.1 Å². The number of para-hydroxylation sites is 1. The normalized spacial score (nSPS) is 20.9. The Kier molecular flexibility index (Phi) is 7.69. The highest BCUT2D eigenvalue weighted by atomic mass is 79.9.